The van der Waals surface area contributed by atoms with E-state index >= 15 is 0 Å². The molecule has 0 aliphatic carbocycles. The zero-order valence-corrected chi connectivity index (χ0v) is 14.2. The molecule has 0 saturated carbocycles. The number of carbonyl (C=O) groups is 1. The summed E-state index contributed by atoms with van der Waals surface area (Å²) in [6.07, 6.45) is -0.484. The first-order valence-corrected chi connectivity index (χ1v) is 8.66. The number of benzene rings is 2. The molecule has 0 radical (unpaired) electrons. The monoisotopic (exact) mass is 386 g/mol. The van der Waals surface area contributed by atoms with Crippen LogP contribution in [0.5, 0.6) is 0 Å². The molecular formula is C17H11BrN2O2S. The van der Waals surface area contributed by atoms with Gasteiger partial charge in [0.05, 0.1) is 11.3 Å². The van der Waals surface area contributed by atoms with Gasteiger partial charge in [-0.15, -0.1) is 11.3 Å². The lowest BCUT2D eigenvalue weighted by Gasteiger charge is -2.11. The number of cyclic esters (lactones) is 1. The SMILES string of the molecule is O=C1OC(Nc2nc(-c3ccc(Br)cc3)cs2)c2ccccc21. The number of carbonyl (C=O) groups excluding carboxylic acids is 1. The number of fused-ring (bicyclic) bond motifs is 1. The minimum atomic E-state index is -0.484. The molecule has 2 heterocycles. The fourth-order valence-electron chi connectivity index (χ4n) is 2.46. The molecule has 2 aromatic carbocycles. The van der Waals surface area contributed by atoms with Crippen molar-refractivity contribution in [1.82, 2.24) is 4.98 Å². The largest absolute Gasteiger partial charge is 0.434 e. The standard InChI is InChI=1S/C17H11BrN2O2S/c18-11-7-5-10(6-8-11)14-9-23-17(19-14)20-15-12-3-1-2-4-13(12)16(21)22-15/h1-9,15H,(H,19,20). The second kappa shape index (κ2) is 5.79. The van der Waals surface area contributed by atoms with E-state index in [0.29, 0.717) is 5.56 Å². The summed E-state index contributed by atoms with van der Waals surface area (Å²) in [7, 11) is 0. The maximum absolute atomic E-state index is 11.8. The molecule has 0 fully saturated rings. The summed E-state index contributed by atoms with van der Waals surface area (Å²) >= 11 is 4.91. The lowest BCUT2D eigenvalue weighted by atomic mass is 10.1. The highest BCUT2D eigenvalue weighted by atomic mass is 79.9. The molecule has 1 aliphatic heterocycles. The molecule has 114 valence electrons. The van der Waals surface area contributed by atoms with Crippen LogP contribution in [0.25, 0.3) is 11.3 Å². The van der Waals surface area contributed by atoms with Crippen LogP contribution >= 0.6 is 27.3 Å². The third-order valence-corrected chi connectivity index (χ3v) is 4.89. The normalized spacial score (nSPS) is 16.0. The highest BCUT2D eigenvalue weighted by Crippen LogP contribution is 2.33. The van der Waals surface area contributed by atoms with E-state index < -0.39 is 6.23 Å². The molecule has 4 rings (SSSR count). The van der Waals surface area contributed by atoms with Crippen molar-refractivity contribution in [3.63, 3.8) is 0 Å². The second-order valence-corrected chi connectivity index (χ2v) is 6.84. The first-order chi connectivity index (χ1) is 11.2. The molecule has 4 nitrogen and oxygen atoms in total. The molecule has 0 amide bonds. The lowest BCUT2D eigenvalue weighted by molar-refractivity contribution is 0.0437. The topological polar surface area (TPSA) is 51.2 Å². The van der Waals surface area contributed by atoms with Crippen molar-refractivity contribution in [2.24, 2.45) is 0 Å². The number of nitrogens with zero attached hydrogens (tertiary/aromatic N) is 1. The molecule has 1 N–H and O–H groups in total. The van der Waals surface area contributed by atoms with Crippen molar-refractivity contribution in [3.05, 3.63) is 69.5 Å². The highest BCUT2D eigenvalue weighted by Gasteiger charge is 2.30. The van der Waals surface area contributed by atoms with Gasteiger partial charge in [0.25, 0.3) is 0 Å². The molecule has 6 heteroatoms. The highest BCUT2D eigenvalue weighted by molar-refractivity contribution is 9.10. The fourth-order valence-corrected chi connectivity index (χ4v) is 3.46. The van der Waals surface area contributed by atoms with Gasteiger partial charge in [0, 0.05) is 21.0 Å². The Morgan fingerprint density at radius 1 is 1.13 bits per heavy atom. The third-order valence-electron chi connectivity index (χ3n) is 3.59. The zero-order chi connectivity index (χ0) is 15.8. The van der Waals surface area contributed by atoms with Crippen LogP contribution in [0, 0.1) is 0 Å². The maximum atomic E-state index is 11.8. The zero-order valence-electron chi connectivity index (χ0n) is 11.8. The fraction of sp³-hybridized carbons (Fsp3) is 0.0588. The van der Waals surface area contributed by atoms with Crippen molar-refractivity contribution in [2.75, 3.05) is 5.32 Å². The van der Waals surface area contributed by atoms with Crippen molar-refractivity contribution in [3.8, 4) is 11.3 Å². The van der Waals surface area contributed by atoms with Gasteiger partial charge in [0.15, 0.2) is 5.13 Å². The number of nitrogens with one attached hydrogen (secondary N) is 1. The van der Waals surface area contributed by atoms with E-state index in [-0.39, 0.29) is 5.97 Å². The molecule has 0 bridgehead atoms. The number of esters is 1. The quantitative estimate of drug-likeness (QED) is 0.653. The number of thiazole rings is 1. The Bertz CT molecular complexity index is 876. The van der Waals surface area contributed by atoms with E-state index in [1.165, 1.54) is 11.3 Å². The number of hydrogen-bond donors (Lipinski definition) is 1. The Balaban J connectivity index is 1.57. The lowest BCUT2D eigenvalue weighted by Crippen LogP contribution is -2.09. The summed E-state index contributed by atoms with van der Waals surface area (Å²) < 4.78 is 6.41. The first-order valence-electron chi connectivity index (χ1n) is 6.98. The molecule has 0 spiro atoms. The van der Waals surface area contributed by atoms with Crippen LogP contribution in [-0.4, -0.2) is 11.0 Å². The molecule has 0 saturated heterocycles. The molecular weight excluding hydrogens is 376 g/mol. The van der Waals surface area contributed by atoms with Crippen LogP contribution in [0.15, 0.2) is 58.4 Å². The molecule has 23 heavy (non-hydrogen) atoms. The van der Waals surface area contributed by atoms with E-state index in [2.05, 4.69) is 26.2 Å². The van der Waals surface area contributed by atoms with E-state index in [9.17, 15) is 4.79 Å². The Labute approximate surface area is 145 Å². The molecule has 1 atom stereocenters. The third kappa shape index (κ3) is 2.75. The van der Waals surface area contributed by atoms with E-state index in [4.69, 9.17) is 4.74 Å². The van der Waals surface area contributed by atoms with Crippen molar-refractivity contribution >= 4 is 38.4 Å². The average Bonchev–Trinajstić information content (AvgIpc) is 3.15. The molecule has 1 aliphatic rings. The summed E-state index contributed by atoms with van der Waals surface area (Å²) in [5.41, 5.74) is 3.39. The van der Waals surface area contributed by atoms with Crippen LogP contribution < -0.4 is 5.32 Å². The van der Waals surface area contributed by atoms with E-state index in [1.54, 1.807) is 6.07 Å². The number of aromatic nitrogens is 1. The molecule has 1 unspecified atom stereocenters. The first kappa shape index (κ1) is 14.4. The summed E-state index contributed by atoms with van der Waals surface area (Å²) in [5, 5.41) is 5.88. The summed E-state index contributed by atoms with van der Waals surface area (Å²) in [6.45, 7) is 0. The Morgan fingerprint density at radius 3 is 2.74 bits per heavy atom. The number of anilines is 1. The summed E-state index contributed by atoms with van der Waals surface area (Å²) in [5.74, 6) is -0.303. The summed E-state index contributed by atoms with van der Waals surface area (Å²) in [4.78, 5) is 16.4. The van der Waals surface area contributed by atoms with Gasteiger partial charge >= 0.3 is 5.97 Å². The Morgan fingerprint density at radius 2 is 1.91 bits per heavy atom. The van der Waals surface area contributed by atoms with Crippen LogP contribution in [0.1, 0.15) is 22.1 Å². The van der Waals surface area contributed by atoms with E-state index in [0.717, 1.165) is 26.4 Å². The van der Waals surface area contributed by atoms with Gasteiger partial charge in [0.2, 0.25) is 6.23 Å². The van der Waals surface area contributed by atoms with Crippen molar-refractivity contribution < 1.29 is 9.53 Å². The van der Waals surface area contributed by atoms with Crippen LogP contribution in [0.2, 0.25) is 0 Å². The summed E-state index contributed by atoms with van der Waals surface area (Å²) in [6, 6.07) is 15.4. The number of hydrogen-bond acceptors (Lipinski definition) is 5. The van der Waals surface area contributed by atoms with Gasteiger partial charge in [0.1, 0.15) is 0 Å². The van der Waals surface area contributed by atoms with Gasteiger partial charge in [-0.25, -0.2) is 9.78 Å². The number of halogens is 1. The minimum absolute atomic E-state index is 0.303. The van der Waals surface area contributed by atoms with Gasteiger partial charge in [-0.1, -0.05) is 46.3 Å². The average molecular weight is 387 g/mol. The molecule has 1 aromatic heterocycles. The minimum Gasteiger partial charge on any atom is -0.434 e. The van der Waals surface area contributed by atoms with Crippen molar-refractivity contribution in [1.29, 1.82) is 0 Å². The Hall–Kier alpha value is -2.18. The molecule has 3 aromatic rings. The predicted molar refractivity (Wildman–Crippen MR) is 93.5 cm³/mol. The van der Waals surface area contributed by atoms with Gasteiger partial charge in [-0.2, -0.15) is 0 Å². The van der Waals surface area contributed by atoms with Gasteiger partial charge in [-0.3, -0.25) is 0 Å². The maximum Gasteiger partial charge on any atom is 0.340 e. The van der Waals surface area contributed by atoms with Gasteiger partial charge in [-0.05, 0) is 18.2 Å². The number of ether oxygens (including phenoxy) is 1. The Kier molecular flexibility index (Phi) is 3.63. The van der Waals surface area contributed by atoms with E-state index in [1.807, 2.05) is 47.8 Å². The smallest absolute Gasteiger partial charge is 0.340 e. The van der Waals surface area contributed by atoms with Crippen LogP contribution in [-0.2, 0) is 4.74 Å². The van der Waals surface area contributed by atoms with Crippen molar-refractivity contribution in [2.45, 2.75) is 6.23 Å². The van der Waals surface area contributed by atoms with Gasteiger partial charge < -0.3 is 10.1 Å². The van der Waals surface area contributed by atoms with Crippen LogP contribution in [0.3, 0.4) is 0 Å². The van der Waals surface area contributed by atoms with Crippen LogP contribution in [0.4, 0.5) is 5.13 Å². The second-order valence-electron chi connectivity index (χ2n) is 5.06. The number of rotatable bonds is 3. The predicted octanol–water partition coefficient (Wildman–Crippen LogP) is 4.85.